The van der Waals surface area contributed by atoms with Gasteiger partial charge in [0.15, 0.2) is 0 Å². The Morgan fingerprint density at radius 2 is 1.80 bits per heavy atom. The van der Waals surface area contributed by atoms with Crippen molar-refractivity contribution in [3.63, 3.8) is 0 Å². The Hall–Kier alpha value is -1.45. The lowest BCUT2D eigenvalue weighted by Crippen LogP contribution is -2.37. The molecule has 1 aliphatic heterocycles. The Kier molecular flexibility index (Phi) is 8.59. The molecule has 0 bridgehead atoms. The van der Waals surface area contributed by atoms with Crippen LogP contribution in [0.5, 0.6) is 0 Å². The second-order valence-corrected chi connectivity index (χ2v) is 13.8. The van der Waals surface area contributed by atoms with Crippen LogP contribution in [0.2, 0.25) is 4.34 Å². The predicted molar refractivity (Wildman–Crippen MR) is 145 cm³/mol. The lowest BCUT2D eigenvalue weighted by atomic mass is 10.1. The van der Waals surface area contributed by atoms with E-state index in [4.69, 9.17) is 11.6 Å². The first-order valence-corrected chi connectivity index (χ1v) is 15.7. The van der Waals surface area contributed by atoms with Crippen molar-refractivity contribution in [2.24, 2.45) is 0 Å². The van der Waals surface area contributed by atoms with Crippen molar-refractivity contribution in [3.05, 3.63) is 69.0 Å². The summed E-state index contributed by atoms with van der Waals surface area (Å²) in [5.74, 6) is 0.944. The molecule has 1 N–H and O–H groups in total. The van der Waals surface area contributed by atoms with E-state index in [9.17, 15) is 22.0 Å². The summed E-state index contributed by atoms with van der Waals surface area (Å²) in [5, 5.41) is 3.04. The molecule has 2 aromatic carbocycles. The molecule has 1 fully saturated rings. The number of carbonyl (C=O) groups is 1. The maximum Gasteiger partial charge on any atom is 0.257 e. The summed E-state index contributed by atoms with van der Waals surface area (Å²) in [7, 11) is -3.60. The lowest BCUT2D eigenvalue weighted by Gasteiger charge is -2.27. The molecule has 4 rings (SSSR count). The van der Waals surface area contributed by atoms with Gasteiger partial charge in [0.05, 0.1) is 31.7 Å². The smallest absolute Gasteiger partial charge is 0.257 e. The number of hydrogen-bond acceptors (Lipinski definition) is 7. The van der Waals surface area contributed by atoms with E-state index < -0.39 is 27.2 Å². The van der Waals surface area contributed by atoms with Crippen molar-refractivity contribution in [2.75, 3.05) is 34.2 Å². The van der Waals surface area contributed by atoms with Crippen LogP contribution in [0.4, 0.5) is 16.4 Å². The topological polar surface area (TPSA) is 110 Å². The molecular weight excluding hydrogens is 618 g/mol. The quantitative estimate of drug-likeness (QED) is 0.363. The van der Waals surface area contributed by atoms with Gasteiger partial charge in [-0.3, -0.25) is 13.3 Å². The van der Waals surface area contributed by atoms with Crippen LogP contribution in [0.25, 0.3) is 0 Å². The van der Waals surface area contributed by atoms with E-state index in [1.807, 2.05) is 0 Å². The fraction of sp³-hybridized carbons (Fsp3) is 0.190. The molecule has 186 valence electrons. The standard InChI is InChI=1S/C21H19BrClN3O5S4/c22-14-1-6-18(26(34(28)29)20-8-7-19(23)33-20)17(13-14)21(27)24-15-2-4-16(5-3-15)35(30,31)25-9-11-32-12-10-25/h1-8,13H,9-12H2,(H,24,27)(H,28,29)/p-1. The normalized spacial score (nSPS) is 15.5. The van der Waals surface area contributed by atoms with Gasteiger partial charge in [-0.15, -0.1) is 11.3 Å². The maximum atomic E-state index is 13.2. The van der Waals surface area contributed by atoms with Gasteiger partial charge in [-0.25, -0.2) is 8.42 Å². The monoisotopic (exact) mass is 634 g/mol. The highest BCUT2D eigenvalue weighted by Gasteiger charge is 2.26. The Morgan fingerprint density at radius 1 is 1.11 bits per heavy atom. The molecule has 0 saturated carbocycles. The molecule has 3 aromatic rings. The Balaban J connectivity index is 1.60. The van der Waals surface area contributed by atoms with Gasteiger partial charge in [0, 0.05) is 34.8 Å². The number of carbonyl (C=O) groups excluding carboxylic acids is 1. The van der Waals surface area contributed by atoms with Crippen molar-refractivity contribution in [1.29, 1.82) is 0 Å². The number of halogens is 2. The molecule has 1 atom stereocenters. The second-order valence-electron chi connectivity index (χ2n) is 7.25. The lowest BCUT2D eigenvalue weighted by molar-refractivity contribution is 0.102. The fourth-order valence-corrected chi connectivity index (χ4v) is 8.11. The highest BCUT2D eigenvalue weighted by Crippen LogP contribution is 2.38. The van der Waals surface area contributed by atoms with E-state index in [2.05, 4.69) is 21.2 Å². The van der Waals surface area contributed by atoms with Gasteiger partial charge in [0.1, 0.15) is 5.00 Å². The first-order valence-electron chi connectivity index (χ1n) is 10.1. The zero-order valence-corrected chi connectivity index (χ0v) is 23.5. The summed E-state index contributed by atoms with van der Waals surface area (Å²) < 4.78 is 53.3. The van der Waals surface area contributed by atoms with Gasteiger partial charge >= 0.3 is 0 Å². The first kappa shape index (κ1) is 26.6. The summed E-state index contributed by atoms with van der Waals surface area (Å²) >= 11 is 9.36. The number of thiophene rings is 1. The summed E-state index contributed by atoms with van der Waals surface area (Å²) in [4.78, 5) is 13.3. The van der Waals surface area contributed by atoms with Crippen molar-refractivity contribution in [3.8, 4) is 0 Å². The molecule has 35 heavy (non-hydrogen) atoms. The van der Waals surface area contributed by atoms with Crippen LogP contribution in [-0.4, -0.2) is 52.0 Å². The molecule has 8 nitrogen and oxygen atoms in total. The number of hydrogen-bond donors (Lipinski definition) is 1. The van der Waals surface area contributed by atoms with E-state index in [1.165, 1.54) is 40.7 Å². The van der Waals surface area contributed by atoms with E-state index in [1.54, 1.807) is 30.0 Å². The first-order chi connectivity index (χ1) is 16.7. The number of sulfonamides is 1. The number of thioether (sulfide) groups is 1. The van der Waals surface area contributed by atoms with Gasteiger partial charge in [-0.1, -0.05) is 27.5 Å². The third-order valence-electron chi connectivity index (χ3n) is 5.05. The highest BCUT2D eigenvalue weighted by molar-refractivity contribution is 9.10. The minimum Gasteiger partial charge on any atom is -0.755 e. The van der Waals surface area contributed by atoms with Gasteiger partial charge in [0.2, 0.25) is 10.0 Å². The average molecular weight is 636 g/mol. The number of amides is 1. The average Bonchev–Trinajstić information content (AvgIpc) is 3.26. The zero-order valence-electron chi connectivity index (χ0n) is 17.8. The van der Waals surface area contributed by atoms with Crippen molar-refractivity contribution in [2.45, 2.75) is 4.90 Å². The summed E-state index contributed by atoms with van der Waals surface area (Å²) in [6.45, 7) is 0.925. The fourth-order valence-electron chi connectivity index (χ4n) is 3.40. The van der Waals surface area contributed by atoms with Crippen LogP contribution >= 0.6 is 50.6 Å². The molecule has 1 aromatic heterocycles. The molecule has 14 heteroatoms. The van der Waals surface area contributed by atoms with Crippen molar-refractivity contribution in [1.82, 2.24) is 4.31 Å². The van der Waals surface area contributed by atoms with Crippen LogP contribution < -0.4 is 9.62 Å². The molecule has 1 saturated heterocycles. The molecule has 0 radical (unpaired) electrons. The Morgan fingerprint density at radius 3 is 2.40 bits per heavy atom. The maximum absolute atomic E-state index is 13.2. The zero-order chi connectivity index (χ0) is 25.2. The molecule has 1 amide bonds. The molecule has 0 aliphatic carbocycles. The number of nitrogens with one attached hydrogen (secondary N) is 1. The molecule has 0 spiro atoms. The molecule has 1 aliphatic rings. The molecule has 2 heterocycles. The third-order valence-corrected chi connectivity index (χ3v) is 10.4. The molecular formula is C21H18BrClN3O5S4-. The SMILES string of the molecule is O=C(Nc1ccc(S(=O)(=O)N2CCSCC2)cc1)c1cc(Br)ccc1N(c1ccc(Cl)s1)S(=O)[O-]. The Labute approximate surface area is 227 Å². The summed E-state index contributed by atoms with van der Waals surface area (Å²) in [6.07, 6.45) is 0. The predicted octanol–water partition coefficient (Wildman–Crippen LogP) is 5.09. The van der Waals surface area contributed by atoms with Gasteiger partial charge < -0.3 is 9.87 Å². The molecule has 1 unspecified atom stereocenters. The van der Waals surface area contributed by atoms with E-state index >= 15 is 0 Å². The third kappa shape index (κ3) is 6.10. The van der Waals surface area contributed by atoms with Gasteiger partial charge in [-0.05, 0) is 54.6 Å². The van der Waals surface area contributed by atoms with Crippen LogP contribution in [0.15, 0.2) is 64.0 Å². The van der Waals surface area contributed by atoms with Crippen LogP contribution in [0, 0.1) is 0 Å². The van der Waals surface area contributed by atoms with Crippen LogP contribution in [-0.2, 0) is 21.3 Å². The van der Waals surface area contributed by atoms with Crippen LogP contribution in [0.1, 0.15) is 10.4 Å². The Bertz CT molecular complexity index is 1360. The number of nitrogens with zero attached hydrogens (tertiary/aromatic N) is 2. The van der Waals surface area contributed by atoms with E-state index in [0.29, 0.717) is 32.6 Å². The highest BCUT2D eigenvalue weighted by atomic mass is 79.9. The second kappa shape index (κ2) is 11.3. The van der Waals surface area contributed by atoms with Crippen molar-refractivity contribution < 1.29 is 22.0 Å². The van der Waals surface area contributed by atoms with Crippen LogP contribution in [0.3, 0.4) is 0 Å². The van der Waals surface area contributed by atoms with E-state index in [0.717, 1.165) is 27.1 Å². The minimum atomic E-state index is -3.60. The number of benzene rings is 2. The summed E-state index contributed by atoms with van der Waals surface area (Å²) in [5.41, 5.74) is 0.596. The van der Waals surface area contributed by atoms with E-state index in [-0.39, 0.29) is 16.1 Å². The number of rotatable bonds is 7. The minimum absolute atomic E-state index is 0.0932. The van der Waals surface area contributed by atoms with Crippen molar-refractivity contribution >= 4 is 94.2 Å². The largest absolute Gasteiger partial charge is 0.755 e. The van der Waals surface area contributed by atoms with Gasteiger partial charge in [0.25, 0.3) is 5.91 Å². The number of anilines is 3. The van der Waals surface area contributed by atoms with Gasteiger partial charge in [-0.2, -0.15) is 16.1 Å². The summed E-state index contributed by atoms with van der Waals surface area (Å²) in [6, 6.07) is 13.7.